The average molecular weight is 496 g/mol. The summed E-state index contributed by atoms with van der Waals surface area (Å²) in [5, 5.41) is 7.76. The van der Waals surface area contributed by atoms with Crippen LogP contribution in [0, 0.1) is 11.8 Å². The number of rotatable bonds is 6. The summed E-state index contributed by atoms with van der Waals surface area (Å²) in [4.78, 5) is 40.8. The van der Waals surface area contributed by atoms with Crippen molar-refractivity contribution in [2.75, 3.05) is 17.7 Å². The normalized spacial score (nSPS) is 10.0. The lowest BCUT2D eigenvalue weighted by molar-refractivity contribution is -0.115. The van der Waals surface area contributed by atoms with Gasteiger partial charge in [0, 0.05) is 27.8 Å². The molecule has 1 aromatic heterocycles. The Bertz CT molecular complexity index is 1470. The van der Waals surface area contributed by atoms with Crippen molar-refractivity contribution in [1.82, 2.24) is 4.98 Å². The van der Waals surface area contributed by atoms with Crippen molar-refractivity contribution in [2.24, 2.45) is 0 Å². The molecule has 0 aliphatic heterocycles. The lowest BCUT2D eigenvalue weighted by atomic mass is 10.1. The number of nitrogens with zero attached hydrogens (tertiary/aromatic N) is 1. The van der Waals surface area contributed by atoms with E-state index in [9.17, 15) is 14.4 Å². The average Bonchev–Trinajstić information content (AvgIpc) is 3.34. The van der Waals surface area contributed by atoms with Crippen LogP contribution in [0.5, 0.6) is 0 Å². The van der Waals surface area contributed by atoms with Crippen molar-refractivity contribution in [3.63, 3.8) is 0 Å². The first-order valence-corrected chi connectivity index (χ1v) is 11.8. The zero-order valence-corrected chi connectivity index (χ0v) is 20.1. The van der Waals surface area contributed by atoms with Gasteiger partial charge in [-0.3, -0.25) is 14.9 Å². The highest BCUT2D eigenvalue weighted by Crippen LogP contribution is 2.18. The van der Waals surface area contributed by atoms with E-state index < -0.39 is 5.97 Å². The maximum Gasteiger partial charge on any atom is 0.337 e. The van der Waals surface area contributed by atoms with Crippen LogP contribution in [-0.2, 0) is 16.0 Å². The fourth-order valence-electron chi connectivity index (χ4n) is 3.23. The number of hydrogen-bond acceptors (Lipinski definition) is 6. The zero-order chi connectivity index (χ0) is 25.3. The molecule has 0 spiro atoms. The molecule has 4 aromatic rings. The van der Waals surface area contributed by atoms with Crippen molar-refractivity contribution in [3.05, 3.63) is 112 Å². The molecule has 0 saturated carbocycles. The number of hydrogen-bond donors (Lipinski definition) is 2. The molecular formula is C28H21N3O4S. The summed E-state index contributed by atoms with van der Waals surface area (Å²) in [5.74, 6) is 5.14. The minimum absolute atomic E-state index is 0.0634. The first-order valence-electron chi connectivity index (χ1n) is 10.9. The lowest BCUT2D eigenvalue weighted by Crippen LogP contribution is -2.15. The molecular weight excluding hydrogens is 474 g/mol. The molecule has 0 aliphatic carbocycles. The van der Waals surface area contributed by atoms with Gasteiger partial charge in [0.2, 0.25) is 5.91 Å². The second-order valence-electron chi connectivity index (χ2n) is 7.59. The van der Waals surface area contributed by atoms with Gasteiger partial charge in [-0.05, 0) is 48.5 Å². The highest BCUT2D eigenvalue weighted by Gasteiger charge is 2.11. The first kappa shape index (κ1) is 24.4. The molecule has 0 radical (unpaired) electrons. The summed E-state index contributed by atoms with van der Waals surface area (Å²) in [6.45, 7) is 0. The van der Waals surface area contributed by atoms with Gasteiger partial charge in [-0.2, -0.15) is 0 Å². The predicted molar refractivity (Wildman–Crippen MR) is 139 cm³/mol. The van der Waals surface area contributed by atoms with Gasteiger partial charge < -0.3 is 10.1 Å². The summed E-state index contributed by atoms with van der Waals surface area (Å²) in [6.07, 6.45) is 0.0634. The topological polar surface area (TPSA) is 97.4 Å². The molecule has 0 fully saturated rings. The maximum atomic E-state index is 12.5. The fourth-order valence-corrected chi connectivity index (χ4v) is 3.94. The van der Waals surface area contributed by atoms with Crippen molar-refractivity contribution in [1.29, 1.82) is 0 Å². The maximum absolute atomic E-state index is 12.5. The van der Waals surface area contributed by atoms with Crippen LogP contribution < -0.4 is 10.6 Å². The summed E-state index contributed by atoms with van der Waals surface area (Å²) in [7, 11) is 1.33. The SMILES string of the molecule is COC(=O)c1cccc(C#Cc2cccc(NC(=O)Cc3csc(NC(=O)c4ccccc4)n3)c2)c1. The van der Waals surface area contributed by atoms with E-state index in [1.165, 1.54) is 18.4 Å². The van der Waals surface area contributed by atoms with Gasteiger partial charge in [0.15, 0.2) is 5.13 Å². The Morgan fingerprint density at radius 3 is 2.31 bits per heavy atom. The number of esters is 1. The molecule has 7 nitrogen and oxygen atoms in total. The fraction of sp³-hybridized carbons (Fsp3) is 0.0714. The number of benzene rings is 3. The molecule has 1 heterocycles. The van der Waals surface area contributed by atoms with Crippen molar-refractivity contribution in [2.45, 2.75) is 6.42 Å². The summed E-state index contributed by atoms with van der Waals surface area (Å²) >= 11 is 1.26. The van der Waals surface area contributed by atoms with Gasteiger partial charge in [-0.15, -0.1) is 11.3 Å². The molecule has 178 valence electrons. The number of methoxy groups -OCH3 is 1. The summed E-state index contributed by atoms with van der Waals surface area (Å²) in [5.41, 5.74) is 3.49. The van der Waals surface area contributed by atoms with Crippen molar-refractivity contribution >= 4 is 39.9 Å². The van der Waals surface area contributed by atoms with Gasteiger partial charge >= 0.3 is 5.97 Å². The first-order chi connectivity index (χ1) is 17.5. The molecule has 0 bridgehead atoms. The third-order valence-electron chi connectivity index (χ3n) is 4.93. The number of amides is 2. The number of anilines is 2. The number of aromatic nitrogens is 1. The van der Waals surface area contributed by atoms with E-state index in [0.717, 1.165) is 0 Å². The second kappa shape index (κ2) is 11.6. The highest BCUT2D eigenvalue weighted by molar-refractivity contribution is 7.14. The third kappa shape index (κ3) is 6.65. The quantitative estimate of drug-likeness (QED) is 0.297. The van der Waals surface area contributed by atoms with E-state index in [1.54, 1.807) is 72.1 Å². The largest absolute Gasteiger partial charge is 0.465 e. The van der Waals surface area contributed by atoms with Gasteiger partial charge in [-0.25, -0.2) is 9.78 Å². The standard InChI is InChI=1S/C28H21N3O4S/c1-35-27(34)22-11-5-7-19(15-22)13-14-20-8-6-12-23(16-20)29-25(32)17-24-18-36-28(30-24)31-26(33)21-9-3-2-4-10-21/h2-12,15-16,18H,17H2,1H3,(H,29,32)(H,30,31,33). The molecule has 0 aliphatic rings. The molecule has 2 amide bonds. The van der Waals surface area contributed by atoms with E-state index in [-0.39, 0.29) is 18.2 Å². The highest BCUT2D eigenvalue weighted by atomic mass is 32.1. The monoisotopic (exact) mass is 495 g/mol. The number of thiazole rings is 1. The van der Waals surface area contributed by atoms with Crippen LogP contribution in [0.4, 0.5) is 10.8 Å². The Balaban J connectivity index is 1.36. The van der Waals surface area contributed by atoms with Gasteiger partial charge in [0.1, 0.15) is 0 Å². The van der Waals surface area contributed by atoms with E-state index in [1.807, 2.05) is 12.1 Å². The number of ether oxygens (including phenoxy) is 1. The molecule has 4 rings (SSSR count). The molecule has 36 heavy (non-hydrogen) atoms. The van der Waals surface area contributed by atoms with Crippen LogP contribution in [0.3, 0.4) is 0 Å². The molecule has 2 N–H and O–H groups in total. The van der Waals surface area contributed by atoms with Crippen molar-refractivity contribution in [3.8, 4) is 11.8 Å². The van der Waals surface area contributed by atoms with Gasteiger partial charge in [0.25, 0.3) is 5.91 Å². The molecule has 3 aromatic carbocycles. The van der Waals surface area contributed by atoms with E-state index in [0.29, 0.717) is 38.8 Å². The second-order valence-corrected chi connectivity index (χ2v) is 8.45. The Hall–Kier alpha value is -4.74. The molecule has 8 heteroatoms. The Morgan fingerprint density at radius 2 is 1.56 bits per heavy atom. The van der Waals surface area contributed by atoms with Crippen LogP contribution >= 0.6 is 11.3 Å². The van der Waals surface area contributed by atoms with Crippen LogP contribution in [0.15, 0.2) is 84.2 Å². The summed E-state index contributed by atoms with van der Waals surface area (Å²) in [6, 6.07) is 22.9. The molecule has 0 saturated heterocycles. The van der Waals surface area contributed by atoms with E-state index in [4.69, 9.17) is 4.74 Å². The number of carbonyl (C=O) groups excluding carboxylic acids is 3. The van der Waals surface area contributed by atoms with E-state index in [2.05, 4.69) is 27.5 Å². The lowest BCUT2D eigenvalue weighted by Gasteiger charge is -2.04. The Labute approximate surface area is 212 Å². The zero-order valence-electron chi connectivity index (χ0n) is 19.3. The van der Waals surface area contributed by atoms with Crippen LogP contribution in [0.25, 0.3) is 0 Å². The summed E-state index contributed by atoms with van der Waals surface area (Å²) < 4.78 is 4.74. The van der Waals surface area contributed by atoms with Crippen LogP contribution in [0.2, 0.25) is 0 Å². The Morgan fingerprint density at radius 1 is 0.861 bits per heavy atom. The van der Waals surface area contributed by atoms with Crippen LogP contribution in [-0.4, -0.2) is 29.9 Å². The van der Waals surface area contributed by atoms with Crippen LogP contribution in [0.1, 0.15) is 37.5 Å². The predicted octanol–water partition coefficient (Wildman–Crippen LogP) is 4.76. The third-order valence-corrected chi connectivity index (χ3v) is 5.74. The number of carbonyl (C=O) groups is 3. The minimum Gasteiger partial charge on any atom is -0.465 e. The molecule has 0 atom stereocenters. The molecule has 0 unspecified atom stereocenters. The van der Waals surface area contributed by atoms with Crippen molar-refractivity contribution < 1.29 is 19.1 Å². The van der Waals surface area contributed by atoms with Gasteiger partial charge in [0.05, 0.1) is 24.8 Å². The number of nitrogens with one attached hydrogen (secondary N) is 2. The Kier molecular flexibility index (Phi) is 7.86. The van der Waals surface area contributed by atoms with Gasteiger partial charge in [-0.1, -0.05) is 42.2 Å². The smallest absolute Gasteiger partial charge is 0.337 e. The minimum atomic E-state index is -0.422. The van der Waals surface area contributed by atoms with E-state index >= 15 is 0 Å².